The molecule has 2 aliphatic heterocycles. The first kappa shape index (κ1) is 25.2. The molecule has 9 nitrogen and oxygen atoms in total. The molecule has 0 spiro atoms. The molecule has 2 heterocycles. The third-order valence-corrected chi connectivity index (χ3v) is 10.3. The largest absolute Gasteiger partial charge is 0.465 e. The van der Waals surface area contributed by atoms with Crippen LogP contribution in [0.25, 0.3) is 0 Å². The van der Waals surface area contributed by atoms with Gasteiger partial charge in [0.05, 0.1) is 11.3 Å². The molecule has 0 bridgehead atoms. The monoisotopic (exact) mass is 535 g/mol. The van der Waals surface area contributed by atoms with E-state index in [1.54, 1.807) is 6.07 Å². The van der Waals surface area contributed by atoms with Crippen molar-refractivity contribution in [1.29, 1.82) is 0 Å². The first-order valence-corrected chi connectivity index (χ1v) is 14.1. The van der Waals surface area contributed by atoms with Gasteiger partial charge in [0.25, 0.3) is 0 Å². The summed E-state index contributed by atoms with van der Waals surface area (Å²) in [7, 11) is 0. The van der Waals surface area contributed by atoms with Crippen LogP contribution in [-0.4, -0.2) is 58.2 Å². The predicted molar refractivity (Wildman–Crippen MR) is 145 cm³/mol. The molecule has 1 saturated heterocycles. The Morgan fingerprint density at radius 2 is 1.92 bits per heavy atom. The maximum Gasteiger partial charge on any atom is 0.407 e. The fourth-order valence-electron chi connectivity index (χ4n) is 6.55. The quantitative estimate of drug-likeness (QED) is 0.373. The highest BCUT2D eigenvalue weighted by molar-refractivity contribution is 8.01. The number of nitrogens with zero attached hydrogens (tertiary/aromatic N) is 1. The average molecular weight is 536 g/mol. The first-order valence-electron chi connectivity index (χ1n) is 13.3. The third-order valence-electron chi connectivity index (χ3n) is 8.85. The standard InChI is InChI=1S/C28H33N5O4S/c29-19-10-9-18-20-21(24(38-23(19)20)26(35)32-17-8-3-11-33(13-17)27(36)37)22(30)25(34)28(18,31)16-7-2-6-15(12-16)14-4-1-5-14/h2,6-7,9-10,12,14,17,21-22,24H,1,3-5,8,11,13,29-31H2,(H,32,35)(H,36,37). The number of nitrogens with one attached hydrogen (secondary N) is 1. The number of carbonyl (C=O) groups excluding carboxylic acids is 2. The lowest BCUT2D eigenvalue weighted by Crippen LogP contribution is -2.61. The zero-order valence-electron chi connectivity index (χ0n) is 21.1. The van der Waals surface area contributed by atoms with Crippen LogP contribution in [0.1, 0.15) is 66.2 Å². The second-order valence-electron chi connectivity index (χ2n) is 11.0. The summed E-state index contributed by atoms with van der Waals surface area (Å²) >= 11 is 1.32. The van der Waals surface area contributed by atoms with E-state index < -0.39 is 28.8 Å². The van der Waals surface area contributed by atoms with Gasteiger partial charge in [-0.25, -0.2) is 4.79 Å². The Morgan fingerprint density at radius 1 is 1.13 bits per heavy atom. The van der Waals surface area contributed by atoms with Gasteiger partial charge in [-0.15, -0.1) is 11.8 Å². The van der Waals surface area contributed by atoms with Crippen molar-refractivity contribution in [1.82, 2.24) is 10.2 Å². The average Bonchev–Trinajstić information content (AvgIpc) is 3.28. The number of carboxylic acid groups (broad SMARTS) is 1. The molecule has 200 valence electrons. The Kier molecular flexibility index (Phi) is 6.16. The highest BCUT2D eigenvalue weighted by Crippen LogP contribution is 2.56. The van der Waals surface area contributed by atoms with Crippen molar-refractivity contribution in [3.05, 3.63) is 58.7 Å². The summed E-state index contributed by atoms with van der Waals surface area (Å²) in [5.41, 5.74) is 22.5. The lowest BCUT2D eigenvalue weighted by atomic mass is 9.65. The molecule has 38 heavy (non-hydrogen) atoms. The molecular weight excluding hydrogens is 502 g/mol. The van der Waals surface area contributed by atoms with Crippen LogP contribution in [0.4, 0.5) is 10.5 Å². The summed E-state index contributed by atoms with van der Waals surface area (Å²) in [5.74, 6) is -0.673. The Hall–Kier alpha value is -3.08. The topological polar surface area (TPSA) is 165 Å². The van der Waals surface area contributed by atoms with E-state index in [1.807, 2.05) is 24.3 Å². The van der Waals surface area contributed by atoms with Crippen LogP contribution in [0, 0.1) is 0 Å². The molecule has 6 rings (SSSR count). The summed E-state index contributed by atoms with van der Waals surface area (Å²) in [5, 5.41) is 11.7. The molecular formula is C28H33N5O4S. The number of benzene rings is 2. The zero-order valence-corrected chi connectivity index (χ0v) is 21.9. The van der Waals surface area contributed by atoms with Gasteiger partial charge in [-0.3, -0.25) is 9.59 Å². The van der Waals surface area contributed by atoms with Crippen LogP contribution in [0.5, 0.6) is 0 Å². The molecule has 5 atom stereocenters. The highest BCUT2D eigenvalue weighted by atomic mass is 32.2. The first-order chi connectivity index (χ1) is 18.2. The Morgan fingerprint density at radius 3 is 2.63 bits per heavy atom. The molecule has 2 aromatic carbocycles. The van der Waals surface area contributed by atoms with Gasteiger partial charge in [0, 0.05) is 35.6 Å². The van der Waals surface area contributed by atoms with Crippen molar-refractivity contribution >= 4 is 35.2 Å². The minimum atomic E-state index is -1.44. The summed E-state index contributed by atoms with van der Waals surface area (Å²) in [6, 6.07) is 10.3. The molecule has 0 radical (unpaired) electrons. The van der Waals surface area contributed by atoms with E-state index in [9.17, 15) is 19.5 Å². The Balaban J connectivity index is 1.35. The molecule has 5 unspecified atom stereocenters. The number of anilines is 1. The van der Waals surface area contributed by atoms with Crippen molar-refractivity contribution in [3.63, 3.8) is 0 Å². The number of piperidine rings is 1. The van der Waals surface area contributed by atoms with E-state index in [1.165, 1.54) is 28.6 Å². The fraction of sp³-hybridized carbons (Fsp3) is 0.464. The van der Waals surface area contributed by atoms with Crippen LogP contribution in [0.2, 0.25) is 0 Å². The number of nitrogens with two attached hydrogens (primary N) is 3. The van der Waals surface area contributed by atoms with E-state index in [0.717, 1.165) is 23.3 Å². The van der Waals surface area contributed by atoms with Crippen LogP contribution in [0.15, 0.2) is 41.3 Å². The van der Waals surface area contributed by atoms with Crippen molar-refractivity contribution in [2.24, 2.45) is 11.5 Å². The van der Waals surface area contributed by atoms with Gasteiger partial charge >= 0.3 is 6.09 Å². The van der Waals surface area contributed by atoms with Gasteiger partial charge < -0.3 is 32.5 Å². The van der Waals surface area contributed by atoms with Crippen LogP contribution >= 0.6 is 11.8 Å². The van der Waals surface area contributed by atoms with E-state index in [0.29, 0.717) is 42.1 Å². The number of ketones is 1. The number of hydrogen-bond donors (Lipinski definition) is 5. The smallest absolute Gasteiger partial charge is 0.407 e. The van der Waals surface area contributed by atoms with E-state index in [2.05, 4.69) is 11.4 Å². The number of likely N-dealkylation sites (tertiary alicyclic amines) is 1. The highest BCUT2D eigenvalue weighted by Gasteiger charge is 2.56. The minimum Gasteiger partial charge on any atom is -0.465 e. The van der Waals surface area contributed by atoms with Crippen molar-refractivity contribution < 1.29 is 19.5 Å². The van der Waals surface area contributed by atoms with Gasteiger partial charge in [-0.1, -0.05) is 36.8 Å². The fourth-order valence-corrected chi connectivity index (χ4v) is 8.00. The van der Waals surface area contributed by atoms with E-state index >= 15 is 0 Å². The lowest BCUT2D eigenvalue weighted by molar-refractivity contribution is -0.126. The van der Waals surface area contributed by atoms with Crippen LogP contribution < -0.4 is 22.5 Å². The summed E-state index contributed by atoms with van der Waals surface area (Å²) < 4.78 is 0. The van der Waals surface area contributed by atoms with E-state index in [4.69, 9.17) is 17.2 Å². The SMILES string of the molecule is Nc1ccc2c3c1SC(C(=O)NC1CCCN(C(=O)O)C1)C3C(N)C(=O)C2(N)c1cccc(C2CCC2)c1. The van der Waals surface area contributed by atoms with Gasteiger partial charge in [-0.05, 0) is 59.9 Å². The molecule has 0 aromatic heterocycles. The molecule has 2 aliphatic carbocycles. The van der Waals surface area contributed by atoms with Crippen LogP contribution in [0.3, 0.4) is 0 Å². The van der Waals surface area contributed by atoms with Crippen molar-refractivity contribution in [2.45, 2.75) is 71.7 Å². The van der Waals surface area contributed by atoms with Gasteiger partial charge in [0.1, 0.15) is 5.54 Å². The minimum absolute atomic E-state index is 0.234. The summed E-state index contributed by atoms with van der Waals surface area (Å²) in [6.45, 7) is 0.686. The number of hydrogen-bond acceptors (Lipinski definition) is 7. The maximum absolute atomic E-state index is 14.0. The molecule has 2 fully saturated rings. The molecule has 4 aliphatic rings. The van der Waals surface area contributed by atoms with Crippen molar-refractivity contribution in [2.75, 3.05) is 18.8 Å². The molecule has 2 amide bonds. The van der Waals surface area contributed by atoms with E-state index in [-0.39, 0.29) is 24.3 Å². The number of nitrogen functional groups attached to an aromatic ring is 1. The second kappa shape index (κ2) is 9.29. The predicted octanol–water partition coefficient (Wildman–Crippen LogP) is 2.47. The number of carbonyl (C=O) groups is 3. The normalized spacial score (nSPS) is 30.5. The second-order valence-corrected chi connectivity index (χ2v) is 12.2. The molecule has 8 N–H and O–H groups in total. The number of thioether (sulfide) groups is 1. The van der Waals surface area contributed by atoms with Crippen LogP contribution in [-0.2, 0) is 15.1 Å². The van der Waals surface area contributed by atoms with Gasteiger partial charge in [-0.2, -0.15) is 0 Å². The third kappa shape index (κ3) is 3.80. The van der Waals surface area contributed by atoms with Crippen molar-refractivity contribution in [3.8, 4) is 0 Å². The maximum atomic E-state index is 14.0. The molecule has 2 aromatic rings. The zero-order chi connectivity index (χ0) is 26.8. The summed E-state index contributed by atoms with van der Waals surface area (Å²) in [4.78, 5) is 41.1. The molecule has 1 saturated carbocycles. The Labute approximate surface area is 225 Å². The molecule has 10 heteroatoms. The number of amides is 2. The number of rotatable bonds is 4. The lowest BCUT2D eigenvalue weighted by Gasteiger charge is -2.42. The van der Waals surface area contributed by atoms with Gasteiger partial charge in [0.15, 0.2) is 5.78 Å². The number of Topliss-reactive ketones (excluding diaryl/α,β-unsaturated/α-hetero) is 1. The summed E-state index contributed by atoms with van der Waals surface area (Å²) in [6.07, 6.45) is 3.83. The van der Waals surface area contributed by atoms with Gasteiger partial charge in [0.2, 0.25) is 5.91 Å². The Bertz CT molecular complexity index is 1330.